The summed E-state index contributed by atoms with van der Waals surface area (Å²) in [6, 6.07) is 27.3. The van der Waals surface area contributed by atoms with E-state index in [0.717, 1.165) is 31.8 Å². The average Bonchev–Trinajstić information content (AvgIpc) is 2.73. The van der Waals surface area contributed by atoms with E-state index in [1.54, 1.807) is 0 Å². The van der Waals surface area contributed by atoms with Gasteiger partial charge in [-0.3, -0.25) is 0 Å². The van der Waals surface area contributed by atoms with Crippen LogP contribution in [0.1, 0.15) is 17.5 Å². The number of nitrogens with zero attached hydrogens (tertiary/aromatic N) is 1. The predicted molar refractivity (Wildman–Crippen MR) is 118 cm³/mol. The van der Waals surface area contributed by atoms with E-state index in [1.165, 1.54) is 22.3 Å². The maximum Gasteiger partial charge on any atom is 0.119 e. The molecule has 0 aliphatic carbocycles. The van der Waals surface area contributed by atoms with Crippen molar-refractivity contribution in [2.75, 3.05) is 27.2 Å². The van der Waals surface area contributed by atoms with Crippen molar-refractivity contribution in [3.05, 3.63) is 90.0 Å². The van der Waals surface area contributed by atoms with Gasteiger partial charge in [0.15, 0.2) is 0 Å². The Kier molecular flexibility index (Phi) is 7.65. The standard InChI is InChI=1S/C25H30N2O/c1-27(2)18-8-17-26-19-21-13-15-24(16-14-21)28-20-23-11-6-7-12-25(23)22-9-4-3-5-10-22/h3-7,9-16,26H,8,17-20H2,1-2H3. The second-order valence-electron chi connectivity index (χ2n) is 7.29. The highest BCUT2D eigenvalue weighted by Gasteiger charge is 2.05. The lowest BCUT2D eigenvalue weighted by molar-refractivity contribution is 0.306. The molecular weight excluding hydrogens is 344 g/mol. The molecule has 0 fully saturated rings. The van der Waals surface area contributed by atoms with Crippen LogP contribution in [0.15, 0.2) is 78.9 Å². The Hall–Kier alpha value is -2.62. The average molecular weight is 375 g/mol. The lowest BCUT2D eigenvalue weighted by Gasteiger charge is -2.12. The van der Waals surface area contributed by atoms with Gasteiger partial charge < -0.3 is 15.0 Å². The Morgan fingerprint density at radius 3 is 2.29 bits per heavy atom. The minimum atomic E-state index is 0.563. The Labute approximate surface area is 169 Å². The third kappa shape index (κ3) is 6.22. The van der Waals surface area contributed by atoms with Gasteiger partial charge in [0.05, 0.1) is 0 Å². The van der Waals surface area contributed by atoms with Gasteiger partial charge in [0.2, 0.25) is 0 Å². The molecule has 3 rings (SSSR count). The lowest BCUT2D eigenvalue weighted by atomic mass is 10.0. The second-order valence-corrected chi connectivity index (χ2v) is 7.29. The number of nitrogens with one attached hydrogen (secondary N) is 1. The molecule has 0 amide bonds. The van der Waals surface area contributed by atoms with Crippen molar-refractivity contribution >= 4 is 0 Å². The molecule has 0 atom stereocenters. The van der Waals surface area contributed by atoms with Crippen LogP contribution < -0.4 is 10.1 Å². The quantitative estimate of drug-likeness (QED) is 0.507. The summed E-state index contributed by atoms with van der Waals surface area (Å²) in [5.41, 5.74) is 4.92. The van der Waals surface area contributed by atoms with Gasteiger partial charge in [-0.25, -0.2) is 0 Å². The van der Waals surface area contributed by atoms with Gasteiger partial charge in [0.1, 0.15) is 12.4 Å². The first-order valence-corrected chi connectivity index (χ1v) is 9.93. The highest BCUT2D eigenvalue weighted by Crippen LogP contribution is 2.24. The summed E-state index contributed by atoms with van der Waals surface area (Å²) in [6.45, 7) is 3.61. The van der Waals surface area contributed by atoms with Crippen LogP contribution in [0, 0.1) is 0 Å². The zero-order valence-electron chi connectivity index (χ0n) is 16.9. The molecule has 3 aromatic rings. The molecule has 3 heteroatoms. The van der Waals surface area contributed by atoms with Crippen LogP contribution in [0.5, 0.6) is 5.75 Å². The number of hydrogen-bond donors (Lipinski definition) is 1. The highest BCUT2D eigenvalue weighted by molar-refractivity contribution is 5.67. The topological polar surface area (TPSA) is 24.5 Å². The molecule has 0 heterocycles. The van der Waals surface area contributed by atoms with E-state index in [1.807, 2.05) is 6.07 Å². The van der Waals surface area contributed by atoms with Crippen molar-refractivity contribution in [1.29, 1.82) is 0 Å². The first-order chi connectivity index (χ1) is 13.7. The summed E-state index contributed by atoms with van der Waals surface area (Å²) in [5, 5.41) is 3.49. The van der Waals surface area contributed by atoms with Crippen LogP contribution in [-0.4, -0.2) is 32.1 Å². The largest absolute Gasteiger partial charge is 0.489 e. The Morgan fingerprint density at radius 2 is 1.54 bits per heavy atom. The molecule has 0 aromatic heterocycles. The fraction of sp³-hybridized carbons (Fsp3) is 0.280. The smallest absolute Gasteiger partial charge is 0.119 e. The van der Waals surface area contributed by atoms with Gasteiger partial charge in [-0.2, -0.15) is 0 Å². The monoisotopic (exact) mass is 374 g/mol. The van der Waals surface area contributed by atoms with Gasteiger partial charge in [-0.15, -0.1) is 0 Å². The molecule has 0 radical (unpaired) electrons. The van der Waals surface area contributed by atoms with Crippen molar-refractivity contribution < 1.29 is 4.74 Å². The Balaban J connectivity index is 1.52. The van der Waals surface area contributed by atoms with Crippen LogP contribution in [0.25, 0.3) is 11.1 Å². The van der Waals surface area contributed by atoms with Gasteiger partial charge in [-0.05, 0) is 68.0 Å². The normalized spacial score (nSPS) is 11.0. The van der Waals surface area contributed by atoms with Crippen molar-refractivity contribution in [2.45, 2.75) is 19.6 Å². The third-order valence-electron chi connectivity index (χ3n) is 4.71. The van der Waals surface area contributed by atoms with Gasteiger partial charge in [-0.1, -0.05) is 66.7 Å². The van der Waals surface area contributed by atoms with Crippen molar-refractivity contribution in [3.8, 4) is 16.9 Å². The molecular formula is C25H30N2O. The number of rotatable bonds is 10. The maximum absolute atomic E-state index is 6.05. The number of benzene rings is 3. The lowest BCUT2D eigenvalue weighted by Crippen LogP contribution is -2.20. The molecule has 0 saturated carbocycles. The summed E-state index contributed by atoms with van der Waals surface area (Å²) >= 11 is 0. The summed E-state index contributed by atoms with van der Waals surface area (Å²) in [5.74, 6) is 0.902. The van der Waals surface area contributed by atoms with E-state index in [0.29, 0.717) is 6.61 Å². The fourth-order valence-corrected chi connectivity index (χ4v) is 3.16. The van der Waals surface area contributed by atoms with Crippen molar-refractivity contribution in [1.82, 2.24) is 10.2 Å². The molecule has 146 valence electrons. The van der Waals surface area contributed by atoms with E-state index in [-0.39, 0.29) is 0 Å². The number of hydrogen-bond acceptors (Lipinski definition) is 3. The Morgan fingerprint density at radius 1 is 0.821 bits per heavy atom. The van der Waals surface area contributed by atoms with E-state index in [4.69, 9.17) is 4.74 Å². The van der Waals surface area contributed by atoms with Gasteiger partial charge >= 0.3 is 0 Å². The van der Waals surface area contributed by atoms with Crippen molar-refractivity contribution in [2.24, 2.45) is 0 Å². The molecule has 1 N–H and O–H groups in total. The summed E-state index contributed by atoms with van der Waals surface area (Å²) < 4.78 is 6.05. The highest BCUT2D eigenvalue weighted by atomic mass is 16.5. The molecule has 0 unspecified atom stereocenters. The van der Waals surface area contributed by atoms with Crippen molar-refractivity contribution in [3.63, 3.8) is 0 Å². The zero-order chi connectivity index (χ0) is 19.6. The molecule has 0 aliphatic rings. The molecule has 3 nitrogen and oxygen atoms in total. The van der Waals surface area contributed by atoms with Crippen LogP contribution in [0.4, 0.5) is 0 Å². The second kappa shape index (κ2) is 10.6. The SMILES string of the molecule is CN(C)CCCNCc1ccc(OCc2ccccc2-c2ccccc2)cc1. The minimum Gasteiger partial charge on any atom is -0.489 e. The first kappa shape index (κ1) is 20.1. The van der Waals surface area contributed by atoms with E-state index in [9.17, 15) is 0 Å². The molecule has 0 bridgehead atoms. The molecule has 28 heavy (non-hydrogen) atoms. The minimum absolute atomic E-state index is 0.563. The molecule has 0 saturated heterocycles. The van der Waals surface area contributed by atoms with E-state index < -0.39 is 0 Å². The van der Waals surface area contributed by atoms with Crippen LogP contribution in [0.3, 0.4) is 0 Å². The first-order valence-electron chi connectivity index (χ1n) is 9.93. The van der Waals surface area contributed by atoms with Crippen LogP contribution in [-0.2, 0) is 13.2 Å². The van der Waals surface area contributed by atoms with Crippen LogP contribution in [0.2, 0.25) is 0 Å². The van der Waals surface area contributed by atoms with Crippen LogP contribution >= 0.6 is 0 Å². The van der Waals surface area contributed by atoms with E-state index >= 15 is 0 Å². The Bertz CT molecular complexity index is 829. The molecule has 3 aromatic carbocycles. The zero-order valence-corrected chi connectivity index (χ0v) is 16.9. The summed E-state index contributed by atoms with van der Waals surface area (Å²) in [4.78, 5) is 2.21. The summed E-state index contributed by atoms with van der Waals surface area (Å²) in [6.07, 6.45) is 1.16. The van der Waals surface area contributed by atoms with Gasteiger partial charge in [0, 0.05) is 6.54 Å². The van der Waals surface area contributed by atoms with Gasteiger partial charge in [0.25, 0.3) is 0 Å². The van der Waals surface area contributed by atoms with E-state index in [2.05, 4.69) is 97.1 Å². The predicted octanol–water partition coefficient (Wildman–Crippen LogP) is 4.97. The maximum atomic E-state index is 6.05. The number of ether oxygens (including phenoxy) is 1. The molecule has 0 spiro atoms. The third-order valence-corrected chi connectivity index (χ3v) is 4.71. The fourth-order valence-electron chi connectivity index (χ4n) is 3.16. The molecule has 0 aliphatic heterocycles. The summed E-state index contributed by atoms with van der Waals surface area (Å²) in [7, 11) is 4.22.